The van der Waals surface area contributed by atoms with Gasteiger partial charge in [-0.25, -0.2) is 0 Å². The van der Waals surface area contributed by atoms with Crippen LogP contribution in [0.25, 0.3) is 16.8 Å². The van der Waals surface area contributed by atoms with E-state index in [1.165, 1.54) is 17.4 Å². The van der Waals surface area contributed by atoms with Crippen LogP contribution in [-0.4, -0.2) is 23.2 Å². The highest BCUT2D eigenvalue weighted by Crippen LogP contribution is 2.21. The predicted octanol–water partition coefficient (Wildman–Crippen LogP) is 3.14. The van der Waals surface area contributed by atoms with Crippen LogP contribution in [0.4, 0.5) is 0 Å². The number of hydrogen-bond acceptors (Lipinski definition) is 6. The Hall–Kier alpha value is -2.93. The van der Waals surface area contributed by atoms with Crippen LogP contribution in [0.1, 0.15) is 11.5 Å². The minimum Gasteiger partial charge on any atom is -0.497 e. The summed E-state index contributed by atoms with van der Waals surface area (Å²) in [4.78, 5) is 17.0. The molecule has 0 aliphatic rings. The van der Waals surface area contributed by atoms with E-state index in [0.717, 1.165) is 16.2 Å². The number of carbonyl (C=O) groups is 1. The van der Waals surface area contributed by atoms with Gasteiger partial charge in [0.2, 0.25) is 17.6 Å². The molecule has 0 radical (unpaired) electrons. The van der Waals surface area contributed by atoms with Crippen LogP contribution < -0.4 is 10.1 Å². The lowest BCUT2D eigenvalue weighted by Crippen LogP contribution is -2.20. The Morgan fingerprint density at radius 1 is 1.33 bits per heavy atom. The predicted molar refractivity (Wildman–Crippen MR) is 91.5 cm³/mol. The first-order valence-electron chi connectivity index (χ1n) is 7.21. The standard InChI is InChI=1S/C17H15N3O3S/c1-22-13-7-4-12(5-8-13)6-9-15(21)18-11-16-19-17(20-23-16)14-3-2-10-24-14/h2-10H,11H2,1H3,(H,18,21). The van der Waals surface area contributed by atoms with E-state index < -0.39 is 0 Å². The van der Waals surface area contributed by atoms with Crippen molar-refractivity contribution < 1.29 is 14.1 Å². The molecule has 0 bridgehead atoms. The van der Waals surface area contributed by atoms with E-state index in [1.807, 2.05) is 41.8 Å². The van der Waals surface area contributed by atoms with Crippen molar-refractivity contribution in [3.8, 4) is 16.5 Å². The van der Waals surface area contributed by atoms with Gasteiger partial charge >= 0.3 is 0 Å². The zero-order valence-electron chi connectivity index (χ0n) is 12.9. The smallest absolute Gasteiger partial charge is 0.246 e. The number of hydrogen-bond donors (Lipinski definition) is 1. The molecule has 122 valence electrons. The fourth-order valence-corrected chi connectivity index (χ4v) is 2.59. The molecule has 3 aromatic rings. The van der Waals surface area contributed by atoms with Crippen LogP contribution >= 0.6 is 11.3 Å². The molecule has 0 saturated heterocycles. The second kappa shape index (κ2) is 7.56. The minimum atomic E-state index is -0.235. The molecule has 0 unspecified atom stereocenters. The van der Waals surface area contributed by atoms with Crippen molar-refractivity contribution in [3.05, 3.63) is 59.3 Å². The van der Waals surface area contributed by atoms with Crippen LogP contribution in [0, 0.1) is 0 Å². The first-order chi connectivity index (χ1) is 11.7. The Balaban J connectivity index is 1.52. The first-order valence-corrected chi connectivity index (χ1v) is 8.09. The quantitative estimate of drug-likeness (QED) is 0.697. The Bertz CT molecular complexity index is 823. The number of nitrogens with one attached hydrogen (secondary N) is 1. The average molecular weight is 341 g/mol. The topological polar surface area (TPSA) is 77.2 Å². The summed E-state index contributed by atoms with van der Waals surface area (Å²) in [7, 11) is 1.61. The molecule has 24 heavy (non-hydrogen) atoms. The van der Waals surface area contributed by atoms with Crippen molar-refractivity contribution >= 4 is 23.3 Å². The number of ether oxygens (including phenoxy) is 1. The SMILES string of the molecule is COc1ccc(C=CC(=O)NCc2nc(-c3cccs3)no2)cc1. The van der Waals surface area contributed by atoms with Gasteiger partial charge in [-0.3, -0.25) is 4.79 Å². The van der Waals surface area contributed by atoms with E-state index in [-0.39, 0.29) is 12.5 Å². The number of thiophene rings is 1. The molecule has 0 aliphatic carbocycles. The van der Waals surface area contributed by atoms with Crippen LogP contribution in [0.3, 0.4) is 0 Å². The highest BCUT2D eigenvalue weighted by atomic mass is 32.1. The molecular formula is C17H15N3O3S. The molecule has 3 rings (SSSR count). The summed E-state index contributed by atoms with van der Waals surface area (Å²) in [5.74, 6) is 1.43. The van der Waals surface area contributed by atoms with E-state index in [9.17, 15) is 4.79 Å². The Morgan fingerprint density at radius 2 is 2.17 bits per heavy atom. The van der Waals surface area contributed by atoms with Crippen molar-refractivity contribution in [2.75, 3.05) is 7.11 Å². The maximum atomic E-state index is 11.8. The average Bonchev–Trinajstić information content (AvgIpc) is 3.29. The van der Waals surface area contributed by atoms with Gasteiger partial charge in [-0.05, 0) is 35.2 Å². The van der Waals surface area contributed by atoms with E-state index in [2.05, 4.69) is 15.5 Å². The van der Waals surface area contributed by atoms with E-state index in [4.69, 9.17) is 9.26 Å². The number of nitrogens with zero attached hydrogens (tertiary/aromatic N) is 2. The van der Waals surface area contributed by atoms with Gasteiger partial charge in [0.15, 0.2) is 0 Å². The van der Waals surface area contributed by atoms with Gasteiger partial charge in [0.25, 0.3) is 0 Å². The molecule has 1 aromatic carbocycles. The fourth-order valence-electron chi connectivity index (χ4n) is 1.94. The van der Waals surface area contributed by atoms with Crippen LogP contribution in [0.15, 0.2) is 52.4 Å². The number of methoxy groups -OCH3 is 1. The summed E-state index contributed by atoms with van der Waals surface area (Å²) >= 11 is 1.53. The summed E-state index contributed by atoms with van der Waals surface area (Å²) in [6.45, 7) is 0.185. The van der Waals surface area contributed by atoms with Crippen molar-refractivity contribution in [2.45, 2.75) is 6.54 Å². The van der Waals surface area contributed by atoms with Gasteiger partial charge in [-0.2, -0.15) is 4.98 Å². The number of aromatic nitrogens is 2. The third-order valence-electron chi connectivity index (χ3n) is 3.17. The lowest BCUT2D eigenvalue weighted by atomic mass is 10.2. The molecule has 0 saturated carbocycles. The highest BCUT2D eigenvalue weighted by Gasteiger charge is 2.09. The number of benzene rings is 1. The van der Waals surface area contributed by atoms with E-state index >= 15 is 0 Å². The molecule has 1 amide bonds. The largest absolute Gasteiger partial charge is 0.497 e. The van der Waals surface area contributed by atoms with Crippen molar-refractivity contribution in [1.82, 2.24) is 15.5 Å². The molecule has 2 aromatic heterocycles. The third kappa shape index (κ3) is 4.08. The van der Waals surface area contributed by atoms with E-state index in [0.29, 0.717) is 11.7 Å². The Kier molecular flexibility index (Phi) is 5.02. The second-order valence-electron chi connectivity index (χ2n) is 4.81. The summed E-state index contributed by atoms with van der Waals surface area (Å²) in [5.41, 5.74) is 0.906. The zero-order valence-corrected chi connectivity index (χ0v) is 13.7. The van der Waals surface area contributed by atoms with Crippen LogP contribution in [0.5, 0.6) is 5.75 Å². The lowest BCUT2D eigenvalue weighted by molar-refractivity contribution is -0.116. The first kappa shape index (κ1) is 15.9. The summed E-state index contributed by atoms with van der Waals surface area (Å²) in [5, 5.41) is 8.54. The number of carbonyl (C=O) groups excluding carboxylic acids is 1. The molecule has 0 atom stereocenters. The maximum absolute atomic E-state index is 11.8. The minimum absolute atomic E-state index is 0.185. The summed E-state index contributed by atoms with van der Waals surface area (Å²) in [6, 6.07) is 11.2. The zero-order chi connectivity index (χ0) is 16.8. The number of amides is 1. The van der Waals surface area contributed by atoms with Gasteiger partial charge < -0.3 is 14.6 Å². The second-order valence-corrected chi connectivity index (χ2v) is 5.76. The molecular weight excluding hydrogens is 326 g/mol. The normalized spacial score (nSPS) is 10.9. The van der Waals surface area contributed by atoms with Crippen LogP contribution in [-0.2, 0) is 11.3 Å². The molecule has 2 heterocycles. The molecule has 6 nitrogen and oxygen atoms in total. The van der Waals surface area contributed by atoms with Crippen molar-refractivity contribution in [2.24, 2.45) is 0 Å². The van der Waals surface area contributed by atoms with Gasteiger partial charge in [-0.1, -0.05) is 23.4 Å². The Morgan fingerprint density at radius 3 is 2.88 bits per heavy atom. The van der Waals surface area contributed by atoms with Crippen molar-refractivity contribution in [1.29, 1.82) is 0 Å². The van der Waals surface area contributed by atoms with Gasteiger partial charge in [-0.15, -0.1) is 11.3 Å². The highest BCUT2D eigenvalue weighted by molar-refractivity contribution is 7.13. The number of rotatable bonds is 6. The van der Waals surface area contributed by atoms with Crippen LogP contribution in [0.2, 0.25) is 0 Å². The fraction of sp³-hybridized carbons (Fsp3) is 0.118. The molecule has 0 spiro atoms. The summed E-state index contributed by atoms with van der Waals surface area (Å²) < 4.78 is 10.2. The third-order valence-corrected chi connectivity index (χ3v) is 4.03. The van der Waals surface area contributed by atoms with E-state index in [1.54, 1.807) is 13.2 Å². The van der Waals surface area contributed by atoms with Gasteiger partial charge in [0.05, 0.1) is 18.5 Å². The summed E-state index contributed by atoms with van der Waals surface area (Å²) in [6.07, 6.45) is 3.18. The van der Waals surface area contributed by atoms with Crippen molar-refractivity contribution in [3.63, 3.8) is 0 Å². The molecule has 7 heteroatoms. The Labute approximate surface area is 142 Å². The monoisotopic (exact) mass is 341 g/mol. The van der Waals surface area contributed by atoms with Gasteiger partial charge in [0, 0.05) is 6.08 Å². The molecule has 1 N–H and O–H groups in total. The molecule has 0 fully saturated rings. The molecule has 0 aliphatic heterocycles. The lowest BCUT2D eigenvalue weighted by Gasteiger charge is -1.99. The maximum Gasteiger partial charge on any atom is 0.246 e. The van der Waals surface area contributed by atoms with Gasteiger partial charge in [0.1, 0.15) is 5.75 Å².